The third-order valence-electron chi connectivity index (χ3n) is 6.02. The number of benzene rings is 1. The summed E-state index contributed by atoms with van der Waals surface area (Å²) in [6, 6.07) is 4.85. The lowest BCUT2D eigenvalue weighted by Gasteiger charge is -2.32. The Bertz CT molecular complexity index is 1050. The number of carbonyl (C=O) groups excluding carboxylic acids is 1. The lowest BCUT2D eigenvalue weighted by atomic mass is 9.72. The van der Waals surface area contributed by atoms with Gasteiger partial charge in [-0.3, -0.25) is 0 Å². The van der Waals surface area contributed by atoms with Crippen molar-refractivity contribution >= 4 is 12.0 Å². The van der Waals surface area contributed by atoms with E-state index >= 15 is 0 Å². The van der Waals surface area contributed by atoms with Crippen LogP contribution in [0, 0.1) is 5.41 Å². The van der Waals surface area contributed by atoms with Crippen LogP contribution in [-0.2, 0) is 9.53 Å². The van der Waals surface area contributed by atoms with Gasteiger partial charge in [-0.15, -0.1) is 0 Å². The van der Waals surface area contributed by atoms with Crippen LogP contribution in [0.15, 0.2) is 83.0 Å². The zero-order valence-electron chi connectivity index (χ0n) is 21.4. The second-order valence-electron chi connectivity index (χ2n) is 9.38. The van der Waals surface area contributed by atoms with Crippen LogP contribution in [0.4, 0.5) is 0 Å². The molecule has 4 nitrogen and oxygen atoms in total. The van der Waals surface area contributed by atoms with Crippen LogP contribution in [-0.4, -0.2) is 24.8 Å². The van der Waals surface area contributed by atoms with Crippen molar-refractivity contribution in [2.75, 3.05) is 13.7 Å². The molecule has 34 heavy (non-hydrogen) atoms. The Kier molecular flexibility index (Phi) is 10.2. The quantitative estimate of drug-likeness (QED) is 0.235. The number of ether oxygens (including phenoxy) is 2. The predicted molar refractivity (Wildman–Crippen MR) is 141 cm³/mol. The summed E-state index contributed by atoms with van der Waals surface area (Å²) in [6.07, 6.45) is 19.1. The van der Waals surface area contributed by atoms with Crippen LogP contribution in [0.3, 0.4) is 0 Å². The summed E-state index contributed by atoms with van der Waals surface area (Å²) in [4.78, 5) is 11.9. The van der Waals surface area contributed by atoms with Crippen LogP contribution in [0.25, 0.3) is 6.08 Å². The van der Waals surface area contributed by atoms with Crippen LogP contribution in [0.1, 0.15) is 59.4 Å². The Labute approximate surface area is 204 Å². The van der Waals surface area contributed by atoms with Gasteiger partial charge in [0.15, 0.2) is 11.5 Å². The summed E-state index contributed by atoms with van der Waals surface area (Å²) in [5, 5.41) is 9.62. The summed E-state index contributed by atoms with van der Waals surface area (Å²) in [7, 11) is 1.48. The molecule has 182 valence electrons. The number of esters is 1. The monoisotopic (exact) mass is 462 g/mol. The van der Waals surface area contributed by atoms with Gasteiger partial charge in [-0.1, -0.05) is 67.0 Å². The molecule has 0 unspecified atom stereocenters. The van der Waals surface area contributed by atoms with E-state index in [0.717, 1.165) is 11.1 Å². The zero-order valence-corrected chi connectivity index (χ0v) is 21.4. The molecule has 1 aromatic carbocycles. The summed E-state index contributed by atoms with van der Waals surface area (Å²) >= 11 is 0. The number of phenols is 1. The molecule has 1 aromatic rings. The highest BCUT2D eigenvalue weighted by Gasteiger charge is 2.26. The summed E-state index contributed by atoms with van der Waals surface area (Å²) < 4.78 is 10.3. The predicted octanol–water partition coefficient (Wildman–Crippen LogP) is 7.49. The first-order valence-electron chi connectivity index (χ1n) is 11.7. The molecule has 0 saturated carbocycles. The third kappa shape index (κ3) is 8.58. The SMILES string of the molecule is COc1cc(C=CC(=O)OC/C=C(C)/C=C/C=C(C)/C=C/C2=C(C)CCCC2(C)C)ccc1O. The minimum atomic E-state index is -0.434. The lowest BCUT2D eigenvalue weighted by Crippen LogP contribution is -2.19. The van der Waals surface area contributed by atoms with E-state index < -0.39 is 5.97 Å². The Morgan fingerprint density at radius 1 is 1.12 bits per heavy atom. The second kappa shape index (κ2) is 12.8. The van der Waals surface area contributed by atoms with Crippen LogP contribution in [0.2, 0.25) is 0 Å². The minimum absolute atomic E-state index is 0.0533. The summed E-state index contributed by atoms with van der Waals surface area (Å²) in [5.74, 6) is -0.0283. The maximum absolute atomic E-state index is 11.9. The van der Waals surface area contributed by atoms with E-state index in [4.69, 9.17) is 9.47 Å². The standard InChI is InChI=1S/C30H38O4/c1-22(12-15-26-24(3)11-8-19-30(26,4)5)9-7-10-23(2)18-20-34-29(32)17-14-25-13-16-27(31)28(21-25)33-6/h7,9-10,12-18,21,31H,8,11,19-20H2,1-6H3/b10-7+,15-12+,17-14?,22-9+,23-18+. The first-order chi connectivity index (χ1) is 16.1. The molecule has 1 aliphatic carbocycles. The van der Waals surface area contributed by atoms with Crippen molar-refractivity contribution in [3.63, 3.8) is 0 Å². The van der Waals surface area contributed by atoms with Crippen molar-refractivity contribution in [3.8, 4) is 11.5 Å². The number of phenolic OH excluding ortho intramolecular Hbond substituents is 1. The molecule has 0 aliphatic heterocycles. The molecule has 0 aromatic heterocycles. The fourth-order valence-corrected chi connectivity index (χ4v) is 3.97. The van der Waals surface area contributed by atoms with E-state index in [9.17, 15) is 9.90 Å². The number of hydrogen-bond donors (Lipinski definition) is 1. The molecule has 1 aliphatic rings. The van der Waals surface area contributed by atoms with Gasteiger partial charge in [0, 0.05) is 6.08 Å². The maximum atomic E-state index is 11.9. The third-order valence-corrected chi connectivity index (χ3v) is 6.02. The van der Waals surface area contributed by atoms with Gasteiger partial charge < -0.3 is 14.6 Å². The average Bonchev–Trinajstić information content (AvgIpc) is 2.77. The molecule has 0 radical (unpaired) electrons. The molecular weight excluding hydrogens is 424 g/mol. The van der Waals surface area contributed by atoms with Gasteiger partial charge >= 0.3 is 5.97 Å². The largest absolute Gasteiger partial charge is 0.504 e. The van der Waals surface area contributed by atoms with E-state index in [0.29, 0.717) is 5.75 Å². The first-order valence-corrected chi connectivity index (χ1v) is 11.7. The molecule has 0 atom stereocenters. The van der Waals surface area contributed by atoms with Gasteiger partial charge in [0.05, 0.1) is 7.11 Å². The average molecular weight is 463 g/mol. The number of hydrogen-bond acceptors (Lipinski definition) is 4. The van der Waals surface area contributed by atoms with Crippen LogP contribution >= 0.6 is 0 Å². The van der Waals surface area contributed by atoms with Crippen molar-refractivity contribution in [2.24, 2.45) is 5.41 Å². The van der Waals surface area contributed by atoms with Crippen molar-refractivity contribution in [1.82, 2.24) is 0 Å². The van der Waals surface area contributed by atoms with Crippen molar-refractivity contribution in [3.05, 3.63) is 88.6 Å². The zero-order chi connectivity index (χ0) is 25.1. The first kappa shape index (κ1) is 27.0. The van der Waals surface area contributed by atoms with Crippen LogP contribution < -0.4 is 4.74 Å². The van der Waals surface area contributed by atoms with E-state index in [-0.39, 0.29) is 17.8 Å². The topological polar surface area (TPSA) is 55.8 Å². The second-order valence-corrected chi connectivity index (χ2v) is 9.38. The molecule has 0 saturated heterocycles. The Morgan fingerprint density at radius 3 is 2.59 bits per heavy atom. The van der Waals surface area contributed by atoms with Crippen molar-refractivity contribution in [2.45, 2.75) is 53.9 Å². The molecule has 0 bridgehead atoms. The Morgan fingerprint density at radius 2 is 1.88 bits per heavy atom. The summed E-state index contributed by atoms with van der Waals surface area (Å²) in [6.45, 7) is 11.2. The molecule has 2 rings (SSSR count). The van der Waals surface area contributed by atoms with Gasteiger partial charge in [-0.25, -0.2) is 4.79 Å². The Hall–Kier alpha value is -3.27. The number of aromatic hydroxyl groups is 1. The maximum Gasteiger partial charge on any atom is 0.331 e. The van der Waals surface area contributed by atoms with Crippen LogP contribution in [0.5, 0.6) is 11.5 Å². The van der Waals surface area contributed by atoms with Gasteiger partial charge in [0.25, 0.3) is 0 Å². The van der Waals surface area contributed by atoms with Crippen molar-refractivity contribution in [1.29, 1.82) is 0 Å². The van der Waals surface area contributed by atoms with Gasteiger partial charge in [0.2, 0.25) is 0 Å². The molecule has 0 heterocycles. The van der Waals surface area contributed by atoms with E-state index in [1.165, 1.54) is 55.2 Å². The highest BCUT2D eigenvalue weighted by atomic mass is 16.5. The fourth-order valence-electron chi connectivity index (χ4n) is 3.97. The summed E-state index contributed by atoms with van der Waals surface area (Å²) in [5.41, 5.74) is 6.15. The molecule has 0 fully saturated rings. The number of rotatable bonds is 9. The minimum Gasteiger partial charge on any atom is -0.504 e. The van der Waals surface area contributed by atoms with Gasteiger partial charge in [0.1, 0.15) is 6.61 Å². The van der Waals surface area contributed by atoms with Crippen molar-refractivity contribution < 1.29 is 19.4 Å². The van der Waals surface area contributed by atoms with Gasteiger partial charge in [-0.05, 0) is 80.9 Å². The molecular formula is C30H38O4. The molecule has 1 N–H and O–H groups in total. The highest BCUT2D eigenvalue weighted by Crippen LogP contribution is 2.40. The molecule has 4 heteroatoms. The number of allylic oxidation sites excluding steroid dienone is 9. The van der Waals surface area contributed by atoms with E-state index in [1.54, 1.807) is 18.2 Å². The van der Waals surface area contributed by atoms with E-state index in [2.05, 4.69) is 45.9 Å². The van der Waals surface area contributed by atoms with E-state index in [1.807, 2.05) is 25.2 Å². The van der Waals surface area contributed by atoms with Gasteiger partial charge in [-0.2, -0.15) is 0 Å². The lowest BCUT2D eigenvalue weighted by molar-refractivity contribution is -0.136. The smallest absolute Gasteiger partial charge is 0.331 e. The molecule has 0 spiro atoms. The molecule has 0 amide bonds. The fraction of sp³-hybridized carbons (Fsp3) is 0.367. The number of carbonyl (C=O) groups is 1. The normalized spacial score (nSPS) is 17.2. The number of methoxy groups -OCH3 is 1. The highest BCUT2D eigenvalue weighted by molar-refractivity contribution is 5.87. The Balaban J connectivity index is 1.84.